The van der Waals surface area contributed by atoms with E-state index in [-0.39, 0.29) is 24.3 Å². The number of rotatable bonds is 18. The van der Waals surface area contributed by atoms with Crippen molar-refractivity contribution < 1.29 is 105 Å². The van der Waals surface area contributed by atoms with Gasteiger partial charge in [0.05, 0.1) is 7.11 Å². The van der Waals surface area contributed by atoms with Crippen molar-refractivity contribution >= 4 is 53.7 Å². The van der Waals surface area contributed by atoms with E-state index in [0.717, 1.165) is 48.5 Å². The van der Waals surface area contributed by atoms with Gasteiger partial charge in [0, 0.05) is 61.8 Å². The molecule has 9 unspecified atom stereocenters. The maximum atomic E-state index is 13.1. The molecule has 2 aliphatic heterocycles. The molecule has 9 atom stereocenters. The molecular formula is C38H48O22. The number of hydrogen-bond acceptors (Lipinski definition) is 22. The van der Waals surface area contributed by atoms with Gasteiger partial charge >= 0.3 is 53.7 Å². The fraction of sp³-hybridized carbons (Fsp3) is 0.605. The summed E-state index contributed by atoms with van der Waals surface area (Å²) in [5.74, 6) is -10.0. The number of ether oxygens (including phenoxy) is 13. The van der Waals surface area contributed by atoms with Crippen LogP contribution in [0.15, 0.2) is 18.2 Å². The van der Waals surface area contributed by atoms with Crippen molar-refractivity contribution in [3.05, 3.63) is 23.8 Å². The van der Waals surface area contributed by atoms with Crippen LogP contribution in [0.2, 0.25) is 0 Å². The van der Waals surface area contributed by atoms with Gasteiger partial charge in [-0.25, -0.2) is 0 Å². The summed E-state index contributed by atoms with van der Waals surface area (Å²) < 4.78 is 72.3. The third kappa shape index (κ3) is 14.2. The minimum Gasteiger partial charge on any atom is -0.493 e. The fourth-order valence-electron chi connectivity index (χ4n) is 6.16. The second-order valence-corrected chi connectivity index (χ2v) is 13.3. The molecule has 0 bridgehead atoms. The Morgan fingerprint density at radius 2 is 1.13 bits per heavy atom. The van der Waals surface area contributed by atoms with Crippen LogP contribution >= 0.6 is 0 Å². The minimum atomic E-state index is -2.55. The van der Waals surface area contributed by atoms with Crippen LogP contribution in [0.3, 0.4) is 0 Å². The highest BCUT2D eigenvalue weighted by Gasteiger charge is 2.65. The topological polar surface area (TPSA) is 274 Å². The lowest BCUT2D eigenvalue weighted by Crippen LogP contribution is -2.65. The van der Waals surface area contributed by atoms with Gasteiger partial charge < -0.3 is 61.6 Å². The van der Waals surface area contributed by atoms with Gasteiger partial charge in [-0.3, -0.25) is 43.2 Å². The lowest BCUT2D eigenvalue weighted by atomic mass is 9.97. The molecule has 2 aliphatic rings. The Morgan fingerprint density at radius 1 is 0.583 bits per heavy atom. The van der Waals surface area contributed by atoms with Gasteiger partial charge in [0.25, 0.3) is 0 Å². The average molecular weight is 857 g/mol. The number of aryl methyl sites for hydroxylation is 1. The monoisotopic (exact) mass is 856 g/mol. The van der Waals surface area contributed by atoms with Crippen LogP contribution in [0.5, 0.6) is 11.5 Å². The van der Waals surface area contributed by atoms with Crippen LogP contribution in [0, 0.1) is 0 Å². The molecule has 0 saturated carbocycles. The Balaban J connectivity index is 2.08. The van der Waals surface area contributed by atoms with Gasteiger partial charge in [-0.1, -0.05) is 6.07 Å². The fourth-order valence-corrected chi connectivity index (χ4v) is 6.16. The van der Waals surface area contributed by atoms with E-state index >= 15 is 0 Å². The Bertz CT molecular complexity index is 1770. The molecule has 3 rings (SSSR count). The molecule has 0 aliphatic carbocycles. The van der Waals surface area contributed by atoms with Crippen LogP contribution < -0.4 is 9.47 Å². The second kappa shape index (κ2) is 21.9. The third-order valence-corrected chi connectivity index (χ3v) is 8.29. The Hall–Kier alpha value is -5.87. The largest absolute Gasteiger partial charge is 0.493 e. The predicted molar refractivity (Wildman–Crippen MR) is 192 cm³/mol. The Morgan fingerprint density at radius 3 is 1.68 bits per heavy atom. The van der Waals surface area contributed by atoms with Crippen molar-refractivity contribution in [1.29, 1.82) is 0 Å². The second-order valence-electron chi connectivity index (χ2n) is 13.3. The van der Waals surface area contributed by atoms with Crippen molar-refractivity contribution in [2.24, 2.45) is 0 Å². The first-order chi connectivity index (χ1) is 28.1. The van der Waals surface area contributed by atoms with E-state index in [2.05, 4.69) is 0 Å². The zero-order chi connectivity index (χ0) is 44.9. The zero-order valence-electron chi connectivity index (χ0n) is 34.4. The van der Waals surface area contributed by atoms with Crippen molar-refractivity contribution in [3.63, 3.8) is 0 Å². The number of methoxy groups -OCH3 is 1. The van der Waals surface area contributed by atoms with E-state index in [1.54, 1.807) is 12.1 Å². The van der Waals surface area contributed by atoms with Crippen molar-refractivity contribution in [3.8, 4) is 11.5 Å². The van der Waals surface area contributed by atoms with Gasteiger partial charge in [0.2, 0.25) is 12.1 Å². The summed E-state index contributed by atoms with van der Waals surface area (Å²) >= 11 is 0. The summed E-state index contributed by atoms with van der Waals surface area (Å²) in [5, 5.41) is 0. The Kier molecular flexibility index (Phi) is 17.7. The lowest BCUT2D eigenvalue weighted by molar-refractivity contribution is -0.384. The standard InChI is InChI=1S/C38H48O22/c1-18(39)49-16-30-33(54-22(5)43)36(57-25(8)46)38(59-30,17-51-19(2)40)60-37-35(56-24(7)45)34(55-23(6)44)32(53-21(4)42)29(58-37)15-50-31(47)13-11-26-10-12-27(52-20(3)41)28(14-26)48-9/h10,12,14,29-30,32-37H,11,13,15-17H2,1-9H3. The lowest BCUT2D eigenvalue weighted by Gasteiger charge is -2.46. The maximum Gasteiger partial charge on any atom is 0.308 e. The van der Waals surface area contributed by atoms with Gasteiger partial charge in [-0.2, -0.15) is 0 Å². The molecule has 22 nitrogen and oxygen atoms in total. The zero-order valence-corrected chi connectivity index (χ0v) is 34.4. The SMILES string of the molecule is COc1cc(CCC(=O)OCC2OC(OC3(COC(C)=O)OC(COC(C)=O)C(OC(C)=O)C3OC(C)=O)C(OC(C)=O)C(OC(C)=O)C2OC(C)=O)ccc1OC(C)=O. The van der Waals surface area contributed by atoms with Crippen LogP contribution in [0.4, 0.5) is 0 Å². The number of benzene rings is 1. The van der Waals surface area contributed by atoms with E-state index in [1.807, 2.05) is 0 Å². The number of carbonyl (C=O) groups is 9. The highest BCUT2D eigenvalue weighted by Crippen LogP contribution is 2.41. The number of esters is 9. The van der Waals surface area contributed by atoms with Crippen LogP contribution in [-0.4, -0.2) is 135 Å². The smallest absolute Gasteiger partial charge is 0.308 e. The molecule has 0 radical (unpaired) electrons. The van der Waals surface area contributed by atoms with Crippen LogP contribution in [-0.2, 0) is 102 Å². The average Bonchev–Trinajstić information content (AvgIpc) is 3.40. The normalized spacial score (nSPS) is 25.7. The molecule has 2 heterocycles. The van der Waals surface area contributed by atoms with Gasteiger partial charge in [0.1, 0.15) is 32.0 Å². The van der Waals surface area contributed by atoms with Crippen molar-refractivity contribution in [1.82, 2.24) is 0 Å². The highest BCUT2D eigenvalue weighted by atomic mass is 16.8. The first-order valence-electron chi connectivity index (χ1n) is 18.3. The molecule has 60 heavy (non-hydrogen) atoms. The van der Waals surface area contributed by atoms with Gasteiger partial charge in [0.15, 0.2) is 42.0 Å². The first kappa shape index (κ1) is 48.5. The first-order valence-corrected chi connectivity index (χ1v) is 18.3. The Labute approximate surface area is 343 Å². The van der Waals surface area contributed by atoms with E-state index in [0.29, 0.717) is 5.56 Å². The summed E-state index contributed by atoms with van der Waals surface area (Å²) in [4.78, 5) is 111. The molecule has 1 aromatic rings. The molecule has 22 heteroatoms. The van der Waals surface area contributed by atoms with Crippen LogP contribution in [0.1, 0.15) is 67.4 Å². The summed E-state index contributed by atoms with van der Waals surface area (Å²) in [6.07, 6.45) is -13.9. The molecule has 0 aromatic heterocycles. The highest BCUT2D eigenvalue weighted by molar-refractivity contribution is 5.72. The summed E-state index contributed by atoms with van der Waals surface area (Å²) in [6.45, 7) is 6.01. The summed E-state index contributed by atoms with van der Waals surface area (Å²) in [5.41, 5.74) is 0.593. The maximum absolute atomic E-state index is 13.1. The number of carbonyl (C=O) groups excluding carboxylic acids is 9. The molecule has 0 amide bonds. The summed E-state index contributed by atoms with van der Waals surface area (Å²) in [7, 11) is 1.36. The summed E-state index contributed by atoms with van der Waals surface area (Å²) in [6, 6.07) is 4.63. The van der Waals surface area contributed by atoms with Gasteiger partial charge in [-0.05, 0) is 24.1 Å². The molecule has 0 spiro atoms. The van der Waals surface area contributed by atoms with Crippen LogP contribution in [0.25, 0.3) is 0 Å². The van der Waals surface area contributed by atoms with Gasteiger partial charge in [-0.15, -0.1) is 0 Å². The van der Waals surface area contributed by atoms with Crippen molar-refractivity contribution in [2.75, 3.05) is 26.9 Å². The number of hydrogen-bond donors (Lipinski definition) is 0. The molecule has 2 saturated heterocycles. The van der Waals surface area contributed by atoms with E-state index in [9.17, 15) is 43.2 Å². The third-order valence-electron chi connectivity index (χ3n) is 8.29. The van der Waals surface area contributed by atoms with E-state index in [4.69, 9.17) is 61.6 Å². The quantitative estimate of drug-likeness (QED) is 0.112. The van der Waals surface area contributed by atoms with E-state index < -0.39 is 128 Å². The molecule has 332 valence electrons. The molecule has 2 fully saturated rings. The molecule has 0 N–H and O–H groups in total. The van der Waals surface area contributed by atoms with Crippen molar-refractivity contribution in [2.45, 2.75) is 123 Å². The minimum absolute atomic E-state index is 0.107. The molecular weight excluding hydrogens is 808 g/mol. The molecule has 1 aromatic carbocycles. The van der Waals surface area contributed by atoms with E-state index in [1.165, 1.54) is 20.1 Å². The predicted octanol–water partition coefficient (Wildman–Crippen LogP) is 0.718.